The van der Waals surface area contributed by atoms with E-state index in [1.165, 1.54) is 6.42 Å². The highest BCUT2D eigenvalue weighted by atomic mass is 16.2. The molecule has 1 N–H and O–H groups in total. The maximum Gasteiger partial charge on any atom is 0.249 e. The number of nitrogens with zero attached hydrogens (tertiary/aromatic N) is 2. The Hall–Kier alpha value is -2.37. The monoisotopic (exact) mass is 439 g/mol. The highest BCUT2D eigenvalue weighted by Gasteiger charge is 2.59. The minimum Gasteiger partial charge on any atom is -0.342 e. The van der Waals surface area contributed by atoms with Crippen LogP contribution in [-0.4, -0.2) is 53.7 Å². The van der Waals surface area contributed by atoms with Gasteiger partial charge in [0, 0.05) is 38.5 Å². The van der Waals surface area contributed by atoms with Crippen molar-refractivity contribution in [2.45, 2.75) is 64.8 Å². The van der Waals surface area contributed by atoms with Gasteiger partial charge in [-0.2, -0.15) is 0 Å². The predicted octanol–water partition coefficient (Wildman–Crippen LogP) is 3.53. The number of piperidine rings is 2. The van der Waals surface area contributed by atoms with E-state index >= 15 is 0 Å². The quantitative estimate of drug-likeness (QED) is 0.737. The largest absolute Gasteiger partial charge is 0.342 e. The van der Waals surface area contributed by atoms with Gasteiger partial charge in [-0.05, 0) is 55.4 Å². The molecule has 1 spiro atoms. The van der Waals surface area contributed by atoms with Gasteiger partial charge in [0.1, 0.15) is 6.04 Å². The number of likely N-dealkylation sites (tertiary alicyclic amines) is 2. The van der Waals surface area contributed by atoms with Gasteiger partial charge in [0.05, 0.1) is 0 Å². The van der Waals surface area contributed by atoms with Crippen molar-refractivity contribution < 1.29 is 14.4 Å². The molecule has 0 aromatic heterocycles. The highest BCUT2D eigenvalue weighted by molar-refractivity contribution is 5.89. The second-order valence-corrected chi connectivity index (χ2v) is 10.3. The number of carbonyl (C=O) groups is 3. The van der Waals surface area contributed by atoms with Gasteiger partial charge in [-0.1, -0.05) is 44.2 Å². The Morgan fingerprint density at radius 2 is 1.62 bits per heavy atom. The molecular formula is C26H37N3O3. The highest BCUT2D eigenvalue weighted by Crippen LogP contribution is 2.60. The van der Waals surface area contributed by atoms with Crippen LogP contribution >= 0.6 is 0 Å². The fourth-order valence-electron chi connectivity index (χ4n) is 5.46. The molecule has 2 saturated heterocycles. The van der Waals surface area contributed by atoms with Gasteiger partial charge in [0.25, 0.3) is 0 Å². The molecular weight excluding hydrogens is 402 g/mol. The molecule has 0 bridgehead atoms. The van der Waals surface area contributed by atoms with Crippen LogP contribution in [0, 0.1) is 17.3 Å². The van der Waals surface area contributed by atoms with Gasteiger partial charge in [-0.25, -0.2) is 0 Å². The molecule has 2 aliphatic heterocycles. The molecule has 6 nitrogen and oxygen atoms in total. The lowest BCUT2D eigenvalue weighted by Gasteiger charge is -2.36. The maximum absolute atomic E-state index is 13.5. The minimum atomic E-state index is -0.651. The molecule has 6 heteroatoms. The van der Waals surface area contributed by atoms with E-state index in [-0.39, 0.29) is 29.1 Å². The van der Waals surface area contributed by atoms with Crippen LogP contribution in [0.1, 0.15) is 70.4 Å². The first-order valence-corrected chi connectivity index (χ1v) is 12.3. The first-order chi connectivity index (χ1) is 15.4. The van der Waals surface area contributed by atoms with Crippen molar-refractivity contribution in [1.29, 1.82) is 0 Å². The van der Waals surface area contributed by atoms with Crippen LogP contribution in [0.15, 0.2) is 30.3 Å². The van der Waals surface area contributed by atoms with Gasteiger partial charge in [0.15, 0.2) is 0 Å². The second kappa shape index (κ2) is 9.63. The molecule has 2 unspecified atom stereocenters. The number of hydrogen-bond donors (Lipinski definition) is 1. The zero-order valence-electron chi connectivity index (χ0n) is 19.5. The van der Waals surface area contributed by atoms with Crippen LogP contribution in [0.5, 0.6) is 0 Å². The molecule has 32 heavy (non-hydrogen) atoms. The Bertz CT molecular complexity index is 824. The number of amides is 3. The summed E-state index contributed by atoms with van der Waals surface area (Å²) in [4.78, 5) is 42.8. The Morgan fingerprint density at radius 1 is 0.969 bits per heavy atom. The lowest BCUT2D eigenvalue weighted by molar-refractivity contribution is -0.138. The van der Waals surface area contributed by atoms with Crippen LogP contribution < -0.4 is 5.32 Å². The summed E-state index contributed by atoms with van der Waals surface area (Å²) in [5.74, 6) is 0.592. The van der Waals surface area contributed by atoms with Crippen LogP contribution in [0.4, 0.5) is 0 Å². The van der Waals surface area contributed by atoms with Crippen molar-refractivity contribution in [1.82, 2.24) is 15.1 Å². The van der Waals surface area contributed by atoms with Crippen LogP contribution in [0.2, 0.25) is 0 Å². The summed E-state index contributed by atoms with van der Waals surface area (Å²) in [6, 6.07) is 8.86. The summed E-state index contributed by atoms with van der Waals surface area (Å²) < 4.78 is 0. The van der Waals surface area contributed by atoms with Crippen LogP contribution in [0.25, 0.3) is 0 Å². The molecule has 2 atom stereocenters. The third kappa shape index (κ3) is 5.00. The Morgan fingerprint density at radius 3 is 2.25 bits per heavy atom. The third-order valence-electron chi connectivity index (χ3n) is 7.51. The average Bonchev–Trinajstić information content (AvgIpc) is 3.50. The SMILES string of the molecule is CC(C)CC(=O)NC(C(=O)N1CCC2(CC1)CC2C(=O)N1CCCCC1)c1ccccc1. The Kier molecular flexibility index (Phi) is 6.87. The van der Waals surface area contributed by atoms with E-state index in [2.05, 4.69) is 10.2 Å². The number of nitrogens with one attached hydrogen (secondary N) is 1. The molecule has 2 heterocycles. The second-order valence-electron chi connectivity index (χ2n) is 10.3. The topological polar surface area (TPSA) is 69.7 Å². The standard InChI is InChI=1S/C26H37N3O3/c1-19(2)17-22(30)27-23(20-9-5-3-6-10-20)25(32)29-15-11-26(12-16-29)18-21(26)24(31)28-13-7-4-8-14-28/h3,5-6,9-10,19,21,23H,4,7-8,11-18H2,1-2H3,(H,27,30). The van der Waals surface area contributed by atoms with Gasteiger partial charge in [-0.15, -0.1) is 0 Å². The molecule has 4 rings (SSSR count). The number of hydrogen-bond acceptors (Lipinski definition) is 3. The summed E-state index contributed by atoms with van der Waals surface area (Å²) in [5.41, 5.74) is 0.911. The molecule has 1 aliphatic carbocycles. The fourth-order valence-corrected chi connectivity index (χ4v) is 5.46. The van der Waals surface area contributed by atoms with Crippen molar-refractivity contribution in [3.05, 3.63) is 35.9 Å². The van der Waals surface area contributed by atoms with Gasteiger partial charge in [0.2, 0.25) is 17.7 Å². The molecule has 3 aliphatic rings. The summed E-state index contributed by atoms with van der Waals surface area (Å²) in [6.45, 7) is 7.13. The van der Waals surface area contributed by atoms with E-state index in [0.717, 1.165) is 50.8 Å². The van der Waals surface area contributed by atoms with E-state index < -0.39 is 6.04 Å². The molecule has 3 fully saturated rings. The van der Waals surface area contributed by atoms with Gasteiger partial charge < -0.3 is 15.1 Å². The van der Waals surface area contributed by atoms with E-state index in [0.29, 0.717) is 25.4 Å². The lowest BCUT2D eigenvalue weighted by atomic mass is 9.89. The lowest BCUT2D eigenvalue weighted by Crippen LogP contribution is -2.47. The smallest absolute Gasteiger partial charge is 0.249 e. The first-order valence-electron chi connectivity index (χ1n) is 12.3. The minimum absolute atomic E-state index is 0.0392. The fraction of sp³-hybridized carbons (Fsp3) is 0.654. The van der Waals surface area contributed by atoms with Crippen molar-refractivity contribution >= 4 is 17.7 Å². The molecule has 1 aromatic carbocycles. The molecule has 1 aromatic rings. The molecule has 0 radical (unpaired) electrons. The van der Waals surface area contributed by atoms with Gasteiger partial charge >= 0.3 is 0 Å². The van der Waals surface area contributed by atoms with Gasteiger partial charge in [-0.3, -0.25) is 14.4 Å². The van der Waals surface area contributed by atoms with Crippen LogP contribution in [0.3, 0.4) is 0 Å². The molecule has 1 saturated carbocycles. The normalized spacial score (nSPS) is 23.2. The third-order valence-corrected chi connectivity index (χ3v) is 7.51. The Labute approximate surface area is 191 Å². The van der Waals surface area contributed by atoms with E-state index in [1.807, 2.05) is 49.1 Å². The number of rotatable bonds is 6. The van der Waals surface area contributed by atoms with Crippen LogP contribution in [-0.2, 0) is 14.4 Å². The average molecular weight is 440 g/mol. The van der Waals surface area contributed by atoms with Crippen molar-refractivity contribution in [3.63, 3.8) is 0 Å². The van der Waals surface area contributed by atoms with Crippen molar-refractivity contribution in [3.8, 4) is 0 Å². The molecule has 174 valence electrons. The van der Waals surface area contributed by atoms with E-state index in [9.17, 15) is 14.4 Å². The van der Waals surface area contributed by atoms with E-state index in [4.69, 9.17) is 0 Å². The first kappa shape index (κ1) is 22.8. The number of carbonyl (C=O) groups excluding carboxylic acids is 3. The number of benzene rings is 1. The maximum atomic E-state index is 13.5. The summed E-state index contributed by atoms with van der Waals surface area (Å²) in [6.07, 6.45) is 6.60. The zero-order chi connectivity index (χ0) is 22.7. The summed E-state index contributed by atoms with van der Waals surface area (Å²) in [7, 11) is 0. The van der Waals surface area contributed by atoms with Crippen molar-refractivity contribution in [2.75, 3.05) is 26.2 Å². The Balaban J connectivity index is 1.37. The summed E-state index contributed by atoms with van der Waals surface area (Å²) in [5, 5.41) is 2.98. The summed E-state index contributed by atoms with van der Waals surface area (Å²) >= 11 is 0. The zero-order valence-corrected chi connectivity index (χ0v) is 19.5. The van der Waals surface area contributed by atoms with Crippen molar-refractivity contribution in [2.24, 2.45) is 17.3 Å². The predicted molar refractivity (Wildman–Crippen MR) is 124 cm³/mol. The van der Waals surface area contributed by atoms with E-state index in [1.54, 1.807) is 0 Å². The molecule has 3 amide bonds.